The third-order valence-corrected chi connectivity index (χ3v) is 7.80. The maximum atomic E-state index is 13.1. The number of carbonyl (C=O) groups is 1. The number of nitrogens with zero attached hydrogens (tertiary/aromatic N) is 3. The Morgan fingerprint density at radius 2 is 2.06 bits per heavy atom. The molecule has 0 radical (unpaired) electrons. The van der Waals surface area contributed by atoms with Crippen LogP contribution in [0.4, 0.5) is 0 Å². The van der Waals surface area contributed by atoms with Gasteiger partial charge in [-0.25, -0.2) is 4.99 Å². The zero-order valence-electron chi connectivity index (χ0n) is 19.5. The van der Waals surface area contributed by atoms with Gasteiger partial charge in [0.05, 0.1) is 24.2 Å². The summed E-state index contributed by atoms with van der Waals surface area (Å²) in [6.07, 6.45) is 12.2. The third kappa shape index (κ3) is 4.02. The Hall–Kier alpha value is -3.17. The number of carbonyl (C=O) groups excluding carboxylic acids is 1. The molecule has 1 heterocycles. The van der Waals surface area contributed by atoms with Crippen LogP contribution in [0.1, 0.15) is 56.1 Å². The average Bonchev–Trinajstić information content (AvgIpc) is 2.88. The number of ether oxygens (including phenoxy) is 1. The van der Waals surface area contributed by atoms with Gasteiger partial charge in [0.2, 0.25) is 5.91 Å². The SMILES string of the molecule is C=C1/C=C(c2cccc(C#N)c2)\C=C/CCC2(CCC(OC)CC2)C12CC(=O)N(C)C(N)=N2. The minimum Gasteiger partial charge on any atom is -0.381 e. The summed E-state index contributed by atoms with van der Waals surface area (Å²) in [7, 11) is 3.44. The number of nitrogens with two attached hydrogens (primary N) is 1. The monoisotopic (exact) mass is 444 g/mol. The minimum absolute atomic E-state index is 0.0366. The number of methoxy groups -OCH3 is 1. The van der Waals surface area contributed by atoms with Crippen LogP contribution in [-0.4, -0.2) is 42.6 Å². The van der Waals surface area contributed by atoms with Gasteiger partial charge >= 0.3 is 0 Å². The van der Waals surface area contributed by atoms with Gasteiger partial charge < -0.3 is 10.5 Å². The van der Waals surface area contributed by atoms with E-state index in [9.17, 15) is 10.1 Å². The predicted molar refractivity (Wildman–Crippen MR) is 130 cm³/mol. The second kappa shape index (κ2) is 8.99. The summed E-state index contributed by atoms with van der Waals surface area (Å²) in [4.78, 5) is 19.6. The lowest BCUT2D eigenvalue weighted by atomic mass is 9.55. The predicted octanol–water partition coefficient (Wildman–Crippen LogP) is 4.34. The molecule has 1 unspecified atom stereocenters. The molecule has 1 saturated carbocycles. The van der Waals surface area contributed by atoms with Crippen LogP contribution in [0.3, 0.4) is 0 Å². The second-order valence-electron chi connectivity index (χ2n) is 9.43. The number of hydrogen-bond donors (Lipinski definition) is 1. The first-order valence-electron chi connectivity index (χ1n) is 11.6. The number of aliphatic imine (C=N–C) groups is 1. The summed E-state index contributed by atoms with van der Waals surface area (Å²) < 4.78 is 5.65. The van der Waals surface area contributed by atoms with Gasteiger partial charge in [-0.15, -0.1) is 0 Å². The minimum atomic E-state index is -0.802. The van der Waals surface area contributed by atoms with Crippen LogP contribution in [0, 0.1) is 16.7 Å². The molecule has 0 bridgehead atoms. The highest BCUT2D eigenvalue weighted by molar-refractivity contribution is 5.99. The van der Waals surface area contributed by atoms with E-state index in [0.717, 1.165) is 55.2 Å². The summed E-state index contributed by atoms with van der Waals surface area (Å²) in [6.45, 7) is 4.50. The summed E-state index contributed by atoms with van der Waals surface area (Å²) in [5, 5.41) is 9.36. The van der Waals surface area contributed by atoms with Crippen LogP contribution < -0.4 is 5.73 Å². The van der Waals surface area contributed by atoms with Gasteiger partial charge in [-0.2, -0.15) is 5.26 Å². The number of hydrogen-bond acceptors (Lipinski definition) is 5. The van der Waals surface area contributed by atoms with Crippen LogP contribution in [0.15, 0.2) is 59.6 Å². The molecule has 33 heavy (non-hydrogen) atoms. The molecule has 1 fully saturated rings. The van der Waals surface area contributed by atoms with Crippen LogP contribution in [0.2, 0.25) is 0 Å². The van der Waals surface area contributed by atoms with Crippen molar-refractivity contribution in [2.24, 2.45) is 16.1 Å². The normalized spacial score (nSPS) is 32.9. The van der Waals surface area contributed by atoms with Crippen molar-refractivity contribution in [1.29, 1.82) is 5.26 Å². The fourth-order valence-electron chi connectivity index (χ4n) is 5.73. The van der Waals surface area contributed by atoms with E-state index in [1.807, 2.05) is 24.3 Å². The van der Waals surface area contributed by atoms with Gasteiger partial charge in [-0.3, -0.25) is 9.69 Å². The molecule has 2 N–H and O–H groups in total. The van der Waals surface area contributed by atoms with E-state index in [1.54, 1.807) is 20.2 Å². The molecule has 1 aliphatic heterocycles. The molecular weight excluding hydrogens is 412 g/mol. The number of allylic oxidation sites excluding steroid dienone is 3. The zero-order chi connectivity index (χ0) is 23.6. The van der Waals surface area contributed by atoms with E-state index in [1.165, 1.54) is 4.90 Å². The molecule has 1 aromatic carbocycles. The van der Waals surface area contributed by atoms with Crippen molar-refractivity contribution in [2.75, 3.05) is 14.2 Å². The fourth-order valence-corrected chi connectivity index (χ4v) is 5.73. The number of amides is 1. The van der Waals surface area contributed by atoms with Gasteiger partial charge in [0.1, 0.15) is 5.54 Å². The van der Waals surface area contributed by atoms with Gasteiger partial charge in [0.15, 0.2) is 5.96 Å². The summed E-state index contributed by atoms with van der Waals surface area (Å²) in [5.41, 5.74) is 8.58. The van der Waals surface area contributed by atoms with Gasteiger partial charge in [0.25, 0.3) is 0 Å². The molecule has 172 valence electrons. The summed E-state index contributed by atoms with van der Waals surface area (Å²) >= 11 is 0. The average molecular weight is 445 g/mol. The number of rotatable bonds is 2. The molecule has 0 aromatic heterocycles. The molecule has 0 saturated heterocycles. The van der Waals surface area contributed by atoms with Gasteiger partial charge in [-0.1, -0.05) is 30.9 Å². The van der Waals surface area contributed by atoms with Crippen LogP contribution in [0.5, 0.6) is 0 Å². The largest absolute Gasteiger partial charge is 0.381 e. The lowest BCUT2D eigenvalue weighted by molar-refractivity contribution is -0.130. The molecule has 6 nitrogen and oxygen atoms in total. The number of guanidine groups is 1. The molecule has 1 aromatic rings. The Balaban J connectivity index is 1.86. The smallest absolute Gasteiger partial charge is 0.231 e. The Labute approximate surface area is 196 Å². The molecule has 1 atom stereocenters. The van der Waals surface area contributed by atoms with Crippen molar-refractivity contribution in [2.45, 2.75) is 56.6 Å². The topological polar surface area (TPSA) is 91.7 Å². The van der Waals surface area contributed by atoms with Crippen LogP contribution >= 0.6 is 0 Å². The van der Waals surface area contributed by atoms with E-state index >= 15 is 0 Å². The maximum absolute atomic E-state index is 13.1. The molecule has 6 heteroatoms. The second-order valence-corrected chi connectivity index (χ2v) is 9.43. The third-order valence-electron chi connectivity index (χ3n) is 7.80. The van der Waals surface area contributed by atoms with Crippen LogP contribution in [-0.2, 0) is 9.53 Å². The van der Waals surface area contributed by atoms with E-state index in [4.69, 9.17) is 15.5 Å². The molecular formula is C27H32N4O2. The Morgan fingerprint density at radius 1 is 1.30 bits per heavy atom. The van der Waals surface area contributed by atoms with Crippen molar-refractivity contribution in [3.63, 3.8) is 0 Å². The Bertz CT molecular complexity index is 1090. The van der Waals surface area contributed by atoms with Crippen molar-refractivity contribution in [1.82, 2.24) is 4.90 Å². The highest BCUT2D eigenvalue weighted by atomic mass is 16.5. The fraction of sp³-hybridized carbons (Fsp3) is 0.444. The van der Waals surface area contributed by atoms with Gasteiger partial charge in [0, 0.05) is 19.6 Å². The van der Waals surface area contributed by atoms with E-state index in [2.05, 4.69) is 24.8 Å². The quantitative estimate of drug-likeness (QED) is 0.734. The lowest BCUT2D eigenvalue weighted by Crippen LogP contribution is -2.58. The zero-order valence-corrected chi connectivity index (χ0v) is 19.5. The first-order valence-corrected chi connectivity index (χ1v) is 11.6. The standard InChI is InChI=1S/C27H32N4O2/c1-19-15-21(22-9-6-7-20(16-22)18-28)8-4-5-12-26(13-10-23(33-3)11-14-26)27(19)17-24(32)31(2)25(29)30-27/h4,6-9,15-16,23H,1,5,10-14,17H2,2-3H3,(H2,29,30)/b8-4-,21-15+. The summed E-state index contributed by atoms with van der Waals surface area (Å²) in [5.74, 6) is 0.208. The van der Waals surface area contributed by atoms with Crippen LogP contribution in [0.25, 0.3) is 5.57 Å². The van der Waals surface area contributed by atoms with Crippen molar-refractivity contribution in [3.8, 4) is 6.07 Å². The highest BCUT2D eigenvalue weighted by Crippen LogP contribution is 2.56. The lowest BCUT2D eigenvalue weighted by Gasteiger charge is -2.54. The Morgan fingerprint density at radius 3 is 2.73 bits per heavy atom. The van der Waals surface area contributed by atoms with Crippen molar-refractivity contribution in [3.05, 3.63) is 65.8 Å². The first-order chi connectivity index (χ1) is 15.8. The number of benzene rings is 1. The van der Waals surface area contributed by atoms with Crippen molar-refractivity contribution >= 4 is 17.4 Å². The number of fused-ring (bicyclic) bond motifs is 1. The highest BCUT2D eigenvalue weighted by Gasteiger charge is 2.56. The Kier molecular flexibility index (Phi) is 6.27. The molecule has 1 amide bonds. The van der Waals surface area contributed by atoms with E-state index in [0.29, 0.717) is 5.56 Å². The molecule has 2 aliphatic carbocycles. The van der Waals surface area contributed by atoms with E-state index in [-0.39, 0.29) is 29.8 Å². The molecule has 3 aliphatic rings. The maximum Gasteiger partial charge on any atom is 0.231 e. The molecule has 2 spiro atoms. The van der Waals surface area contributed by atoms with E-state index < -0.39 is 5.54 Å². The van der Waals surface area contributed by atoms with Crippen molar-refractivity contribution < 1.29 is 9.53 Å². The number of nitriles is 1. The first kappa shape index (κ1) is 23.0. The van der Waals surface area contributed by atoms with Gasteiger partial charge in [-0.05, 0) is 73.4 Å². The summed E-state index contributed by atoms with van der Waals surface area (Å²) in [6, 6.07) is 9.77. The molecule has 4 rings (SSSR count).